The number of benzene rings is 11. The fraction of sp³-hybridized carbons (Fsp3) is 0.0462. The SMILES string of the molecule is CC1(C)c2ccccc2-c2ccc(N(c3ccc(-c4cccc(-c5ccc6c(c5)c5ccccc5n6-c5ccc6ccccc6c5)c4)cc3)c3ccc(-c4cccc5ccccc45)cc3)cc21. The number of hydrogen-bond acceptors (Lipinski definition) is 1. The van der Waals surface area contributed by atoms with Gasteiger partial charge in [-0.15, -0.1) is 0 Å². The Morgan fingerprint density at radius 1 is 0.313 bits per heavy atom. The van der Waals surface area contributed by atoms with Crippen LogP contribution in [0.3, 0.4) is 0 Å². The summed E-state index contributed by atoms with van der Waals surface area (Å²) in [7, 11) is 0. The smallest absolute Gasteiger partial charge is 0.0541 e. The van der Waals surface area contributed by atoms with Crippen LogP contribution in [0.2, 0.25) is 0 Å². The van der Waals surface area contributed by atoms with E-state index >= 15 is 0 Å². The summed E-state index contributed by atoms with van der Waals surface area (Å²) in [6, 6.07) is 89.4. The van der Waals surface area contributed by atoms with Crippen LogP contribution >= 0.6 is 0 Å². The molecule has 0 radical (unpaired) electrons. The number of para-hydroxylation sites is 1. The lowest BCUT2D eigenvalue weighted by Gasteiger charge is -2.28. The van der Waals surface area contributed by atoms with Crippen molar-refractivity contribution in [2.45, 2.75) is 19.3 Å². The molecule has 2 nitrogen and oxygen atoms in total. The molecule has 1 aromatic heterocycles. The summed E-state index contributed by atoms with van der Waals surface area (Å²) in [6.45, 7) is 4.71. The number of rotatable bonds is 7. The fourth-order valence-electron chi connectivity index (χ4n) is 11.0. The molecule has 316 valence electrons. The van der Waals surface area contributed by atoms with Gasteiger partial charge in [0.15, 0.2) is 0 Å². The molecule has 2 heteroatoms. The first-order valence-electron chi connectivity index (χ1n) is 23.3. The molecule has 67 heavy (non-hydrogen) atoms. The Labute approximate surface area is 391 Å². The van der Waals surface area contributed by atoms with Crippen LogP contribution < -0.4 is 4.90 Å². The number of hydrogen-bond donors (Lipinski definition) is 0. The van der Waals surface area contributed by atoms with E-state index in [9.17, 15) is 0 Å². The van der Waals surface area contributed by atoms with Crippen LogP contribution in [0.1, 0.15) is 25.0 Å². The van der Waals surface area contributed by atoms with Crippen LogP contribution in [0.4, 0.5) is 17.1 Å². The molecule has 12 aromatic rings. The molecule has 1 heterocycles. The molecule has 0 amide bonds. The quantitative estimate of drug-likeness (QED) is 0.155. The third-order valence-corrected chi connectivity index (χ3v) is 14.4. The van der Waals surface area contributed by atoms with E-state index in [-0.39, 0.29) is 5.41 Å². The molecular weight excluding hydrogens is 809 g/mol. The van der Waals surface area contributed by atoms with Gasteiger partial charge in [0.05, 0.1) is 11.0 Å². The number of aromatic nitrogens is 1. The molecule has 1 aliphatic carbocycles. The van der Waals surface area contributed by atoms with Crippen LogP contribution in [-0.2, 0) is 5.41 Å². The second-order valence-electron chi connectivity index (χ2n) is 18.6. The van der Waals surface area contributed by atoms with E-state index in [1.54, 1.807) is 0 Å². The maximum Gasteiger partial charge on any atom is 0.0541 e. The van der Waals surface area contributed by atoms with Gasteiger partial charge < -0.3 is 9.47 Å². The van der Waals surface area contributed by atoms with E-state index in [0.717, 1.165) is 17.1 Å². The molecule has 0 saturated carbocycles. The first kappa shape index (κ1) is 39.0. The van der Waals surface area contributed by atoms with Crippen molar-refractivity contribution in [3.63, 3.8) is 0 Å². The zero-order chi connectivity index (χ0) is 44.6. The highest BCUT2D eigenvalue weighted by Crippen LogP contribution is 2.51. The maximum atomic E-state index is 2.42. The Balaban J connectivity index is 0.870. The van der Waals surface area contributed by atoms with Crippen molar-refractivity contribution in [2.24, 2.45) is 0 Å². The molecule has 0 saturated heterocycles. The first-order chi connectivity index (χ1) is 33.0. The standard InChI is InChI=1S/C65H46N2/c1-65(2)61-23-9-7-20-57(61)58-37-36-54(42-62(58)65)66(52-33-28-46(29-34-52)56-22-12-16-45-14-5-6-19-55(45)56)51-31-25-44(26-32-51)47-17-11-18-48(39-47)50-30-38-64-60(41-50)59-21-8-10-24-63(59)67(64)53-35-27-43-13-3-4-15-49(43)40-53/h3-42H,1-2H3. The summed E-state index contributed by atoms with van der Waals surface area (Å²) in [6.07, 6.45) is 0. The van der Waals surface area contributed by atoms with Crippen LogP contribution in [0, 0.1) is 0 Å². The maximum absolute atomic E-state index is 2.42. The van der Waals surface area contributed by atoms with Gasteiger partial charge in [-0.05, 0) is 150 Å². The minimum Gasteiger partial charge on any atom is -0.310 e. The van der Waals surface area contributed by atoms with E-state index in [1.807, 2.05) is 0 Å². The van der Waals surface area contributed by atoms with Crippen molar-refractivity contribution in [3.8, 4) is 50.2 Å². The summed E-state index contributed by atoms with van der Waals surface area (Å²) >= 11 is 0. The van der Waals surface area contributed by atoms with E-state index in [4.69, 9.17) is 0 Å². The van der Waals surface area contributed by atoms with Gasteiger partial charge in [-0.25, -0.2) is 0 Å². The van der Waals surface area contributed by atoms with Crippen molar-refractivity contribution in [3.05, 3.63) is 254 Å². The monoisotopic (exact) mass is 854 g/mol. The summed E-state index contributed by atoms with van der Waals surface area (Å²) in [5.74, 6) is 0. The second kappa shape index (κ2) is 15.3. The molecule has 0 spiro atoms. The number of nitrogens with zero attached hydrogens (tertiary/aromatic N) is 2. The van der Waals surface area contributed by atoms with Crippen LogP contribution in [0.5, 0.6) is 0 Å². The zero-order valence-electron chi connectivity index (χ0n) is 37.5. The van der Waals surface area contributed by atoms with E-state index in [0.29, 0.717) is 0 Å². The van der Waals surface area contributed by atoms with Crippen molar-refractivity contribution >= 4 is 60.4 Å². The minimum atomic E-state index is -0.112. The zero-order valence-corrected chi connectivity index (χ0v) is 37.5. The van der Waals surface area contributed by atoms with E-state index in [1.165, 1.54) is 105 Å². The van der Waals surface area contributed by atoms with Gasteiger partial charge in [0.2, 0.25) is 0 Å². The van der Waals surface area contributed by atoms with Crippen LogP contribution in [-0.4, -0.2) is 4.57 Å². The molecule has 0 fully saturated rings. The third kappa shape index (κ3) is 6.40. The molecule has 0 unspecified atom stereocenters. The van der Waals surface area contributed by atoms with Crippen molar-refractivity contribution in [2.75, 3.05) is 4.90 Å². The summed E-state index contributed by atoms with van der Waals surface area (Å²) in [5, 5.41) is 7.51. The Bertz CT molecular complexity index is 3880. The van der Waals surface area contributed by atoms with Gasteiger partial charge >= 0.3 is 0 Å². The molecule has 1 aliphatic rings. The molecule has 13 rings (SSSR count). The largest absolute Gasteiger partial charge is 0.310 e. The van der Waals surface area contributed by atoms with Crippen molar-refractivity contribution < 1.29 is 0 Å². The van der Waals surface area contributed by atoms with Gasteiger partial charge in [-0.3, -0.25) is 0 Å². The molecular formula is C65H46N2. The molecule has 0 N–H and O–H groups in total. The number of anilines is 3. The third-order valence-electron chi connectivity index (χ3n) is 14.4. The summed E-state index contributed by atoms with van der Waals surface area (Å²) in [5.41, 5.74) is 19.4. The normalized spacial score (nSPS) is 12.7. The Morgan fingerprint density at radius 2 is 0.881 bits per heavy atom. The van der Waals surface area contributed by atoms with Gasteiger partial charge in [0.1, 0.15) is 0 Å². The van der Waals surface area contributed by atoms with Crippen LogP contribution in [0.25, 0.3) is 93.5 Å². The Morgan fingerprint density at radius 3 is 1.70 bits per heavy atom. The average molecular weight is 855 g/mol. The van der Waals surface area contributed by atoms with Crippen molar-refractivity contribution in [1.29, 1.82) is 0 Å². The van der Waals surface area contributed by atoms with E-state index < -0.39 is 0 Å². The lowest BCUT2D eigenvalue weighted by molar-refractivity contribution is 0.660. The summed E-state index contributed by atoms with van der Waals surface area (Å²) < 4.78 is 2.41. The number of fused-ring (bicyclic) bond motifs is 8. The molecule has 0 atom stereocenters. The average Bonchev–Trinajstić information content (AvgIpc) is 3.84. The van der Waals surface area contributed by atoms with Gasteiger partial charge in [-0.2, -0.15) is 0 Å². The van der Waals surface area contributed by atoms with E-state index in [2.05, 4.69) is 266 Å². The summed E-state index contributed by atoms with van der Waals surface area (Å²) in [4.78, 5) is 2.41. The predicted molar refractivity (Wildman–Crippen MR) is 284 cm³/mol. The highest BCUT2D eigenvalue weighted by Gasteiger charge is 2.35. The molecule has 11 aromatic carbocycles. The predicted octanol–water partition coefficient (Wildman–Crippen LogP) is 17.9. The second-order valence-corrected chi connectivity index (χ2v) is 18.6. The fourth-order valence-corrected chi connectivity index (χ4v) is 11.0. The van der Waals surface area contributed by atoms with Gasteiger partial charge in [0, 0.05) is 38.9 Å². The lowest BCUT2D eigenvalue weighted by Crippen LogP contribution is -2.16. The highest BCUT2D eigenvalue weighted by molar-refractivity contribution is 6.11. The lowest BCUT2D eigenvalue weighted by atomic mass is 9.82. The Kier molecular flexibility index (Phi) is 8.91. The minimum absolute atomic E-state index is 0.112. The molecule has 0 bridgehead atoms. The van der Waals surface area contributed by atoms with Gasteiger partial charge in [-0.1, -0.05) is 184 Å². The van der Waals surface area contributed by atoms with Gasteiger partial charge in [0.25, 0.3) is 0 Å². The first-order valence-corrected chi connectivity index (χ1v) is 23.3. The topological polar surface area (TPSA) is 8.17 Å². The Hall–Kier alpha value is -8.46. The molecule has 0 aliphatic heterocycles. The highest BCUT2D eigenvalue weighted by atomic mass is 15.1. The van der Waals surface area contributed by atoms with Crippen molar-refractivity contribution in [1.82, 2.24) is 4.57 Å². The van der Waals surface area contributed by atoms with Crippen LogP contribution in [0.15, 0.2) is 243 Å².